The monoisotopic (exact) mass is 297 g/mol. The second-order valence-corrected chi connectivity index (χ2v) is 5.73. The number of nitrogens with zero attached hydrogens (tertiary/aromatic N) is 3. The lowest BCUT2D eigenvalue weighted by Gasteiger charge is -2.20. The van der Waals surface area contributed by atoms with Crippen LogP contribution in [-0.4, -0.2) is 14.5 Å². The summed E-state index contributed by atoms with van der Waals surface area (Å²) in [6, 6.07) is 10.4. The van der Waals surface area contributed by atoms with Crippen molar-refractivity contribution in [1.29, 1.82) is 0 Å². The third kappa shape index (κ3) is 2.04. The molecule has 0 spiro atoms. The average molecular weight is 298 g/mol. The Morgan fingerprint density at radius 1 is 1.10 bits per heavy atom. The molecule has 0 N–H and O–H groups in total. The Morgan fingerprint density at radius 3 is 2.90 bits per heavy atom. The minimum Gasteiger partial charge on any atom is -0.279 e. The molecular weight excluding hydrogens is 282 g/mol. The zero-order chi connectivity index (χ0) is 14.2. The first-order valence-electron chi connectivity index (χ1n) is 7.38. The number of aromatic nitrogens is 3. The lowest BCUT2D eigenvalue weighted by atomic mass is 9.90. The Morgan fingerprint density at radius 2 is 2.00 bits per heavy atom. The van der Waals surface area contributed by atoms with Crippen LogP contribution in [0, 0.1) is 0 Å². The number of imidazole rings is 1. The largest absolute Gasteiger partial charge is 0.279 e. The van der Waals surface area contributed by atoms with Crippen LogP contribution in [0.2, 0.25) is 0 Å². The topological polar surface area (TPSA) is 30.7 Å². The summed E-state index contributed by atoms with van der Waals surface area (Å²) in [4.78, 5) is 9.14. The molecule has 0 bridgehead atoms. The molecule has 0 saturated carbocycles. The van der Waals surface area contributed by atoms with Gasteiger partial charge in [0.25, 0.3) is 0 Å². The molecule has 1 aromatic carbocycles. The first-order chi connectivity index (χ1) is 10.4. The van der Waals surface area contributed by atoms with E-state index in [2.05, 4.69) is 32.7 Å². The molecule has 3 nitrogen and oxygen atoms in total. The van der Waals surface area contributed by atoms with Crippen LogP contribution in [0.5, 0.6) is 0 Å². The van der Waals surface area contributed by atoms with Crippen molar-refractivity contribution < 1.29 is 0 Å². The number of rotatable bonds is 2. The fourth-order valence-electron chi connectivity index (χ4n) is 3.27. The first-order valence-corrected chi connectivity index (χ1v) is 7.91. The van der Waals surface area contributed by atoms with Crippen LogP contribution in [0.3, 0.4) is 0 Å². The van der Waals surface area contributed by atoms with Crippen molar-refractivity contribution in [1.82, 2.24) is 14.5 Å². The third-order valence-electron chi connectivity index (χ3n) is 4.22. The Hall–Kier alpha value is -1.87. The molecule has 0 saturated heterocycles. The van der Waals surface area contributed by atoms with Crippen molar-refractivity contribution in [2.24, 2.45) is 0 Å². The maximum Gasteiger partial charge on any atom is 0.164 e. The predicted molar refractivity (Wildman–Crippen MR) is 85.1 cm³/mol. The smallest absolute Gasteiger partial charge is 0.164 e. The molecule has 2 heterocycles. The highest BCUT2D eigenvalue weighted by Gasteiger charge is 2.18. The Labute approximate surface area is 128 Å². The highest BCUT2D eigenvalue weighted by Crippen LogP contribution is 2.30. The molecule has 3 aromatic rings. The van der Waals surface area contributed by atoms with E-state index in [1.807, 2.05) is 18.3 Å². The molecule has 1 aliphatic rings. The van der Waals surface area contributed by atoms with Gasteiger partial charge in [-0.1, -0.05) is 12.1 Å². The fraction of sp³-hybridized carbons (Fsp3) is 0.294. The number of hydrogen-bond acceptors (Lipinski definition) is 2. The average Bonchev–Trinajstić information content (AvgIpc) is 2.92. The van der Waals surface area contributed by atoms with E-state index in [4.69, 9.17) is 11.6 Å². The second kappa shape index (κ2) is 5.15. The molecule has 1 aliphatic carbocycles. The summed E-state index contributed by atoms with van der Waals surface area (Å²) in [5.41, 5.74) is 5.88. The van der Waals surface area contributed by atoms with Crippen LogP contribution in [0.1, 0.15) is 29.8 Å². The van der Waals surface area contributed by atoms with Gasteiger partial charge in [0.2, 0.25) is 0 Å². The minimum absolute atomic E-state index is 0.389. The summed E-state index contributed by atoms with van der Waals surface area (Å²) in [5.74, 6) is 1.25. The zero-order valence-electron chi connectivity index (χ0n) is 11.7. The number of benzene rings is 1. The Kier molecular flexibility index (Phi) is 3.15. The van der Waals surface area contributed by atoms with Crippen LogP contribution >= 0.6 is 11.6 Å². The Balaban J connectivity index is 2.02. The third-order valence-corrected chi connectivity index (χ3v) is 4.46. The number of halogens is 1. The molecule has 0 aliphatic heterocycles. The Bertz CT molecular complexity index is 807. The van der Waals surface area contributed by atoms with Crippen LogP contribution < -0.4 is 0 Å². The number of pyridine rings is 1. The van der Waals surface area contributed by atoms with Gasteiger partial charge in [-0.25, -0.2) is 9.97 Å². The summed E-state index contributed by atoms with van der Waals surface area (Å²) in [6.45, 7) is 0. The molecule has 4 rings (SSSR count). The van der Waals surface area contributed by atoms with Crippen molar-refractivity contribution in [3.8, 4) is 5.69 Å². The van der Waals surface area contributed by atoms with E-state index in [0.717, 1.165) is 23.4 Å². The van der Waals surface area contributed by atoms with Crippen molar-refractivity contribution in [3.05, 3.63) is 53.5 Å². The normalized spacial score (nSPS) is 14.3. The van der Waals surface area contributed by atoms with Gasteiger partial charge in [0.05, 0.1) is 11.6 Å². The first kappa shape index (κ1) is 12.8. The van der Waals surface area contributed by atoms with Gasteiger partial charge in [-0.15, -0.1) is 11.6 Å². The standard InChI is InChI=1S/C17H16ClN3/c18-11-16-20-14-8-4-10-19-17(14)21(16)15-9-3-6-12-5-1-2-7-13(12)15/h3-4,6,8-10H,1-2,5,7,11H2. The van der Waals surface area contributed by atoms with Crippen molar-refractivity contribution in [2.75, 3.05) is 0 Å². The van der Waals surface area contributed by atoms with Gasteiger partial charge in [0.1, 0.15) is 11.3 Å². The van der Waals surface area contributed by atoms with Gasteiger partial charge in [-0.05, 0) is 55.0 Å². The molecular formula is C17H16ClN3. The van der Waals surface area contributed by atoms with Crippen LogP contribution in [0.15, 0.2) is 36.5 Å². The van der Waals surface area contributed by atoms with Crippen molar-refractivity contribution >= 4 is 22.8 Å². The number of aryl methyl sites for hydroxylation is 1. The molecule has 21 heavy (non-hydrogen) atoms. The fourth-order valence-corrected chi connectivity index (χ4v) is 3.45. The molecule has 0 amide bonds. The highest BCUT2D eigenvalue weighted by atomic mass is 35.5. The summed E-state index contributed by atoms with van der Waals surface area (Å²) < 4.78 is 2.13. The summed E-state index contributed by atoms with van der Waals surface area (Å²) in [7, 11) is 0. The van der Waals surface area contributed by atoms with Crippen LogP contribution in [-0.2, 0) is 18.7 Å². The lowest BCUT2D eigenvalue weighted by molar-refractivity contribution is 0.680. The van der Waals surface area contributed by atoms with Crippen molar-refractivity contribution in [2.45, 2.75) is 31.6 Å². The zero-order valence-corrected chi connectivity index (χ0v) is 12.5. The van der Waals surface area contributed by atoms with E-state index in [9.17, 15) is 0 Å². The predicted octanol–water partition coefficient (Wildman–Crippen LogP) is 4.04. The molecule has 2 aromatic heterocycles. The van der Waals surface area contributed by atoms with Gasteiger partial charge >= 0.3 is 0 Å². The molecule has 0 atom stereocenters. The van der Waals surface area contributed by atoms with E-state index in [1.54, 1.807) is 0 Å². The van der Waals surface area contributed by atoms with E-state index in [-0.39, 0.29) is 0 Å². The van der Waals surface area contributed by atoms with Gasteiger partial charge in [-0.2, -0.15) is 0 Å². The van der Waals surface area contributed by atoms with Crippen LogP contribution in [0.25, 0.3) is 16.9 Å². The quantitative estimate of drug-likeness (QED) is 0.668. The van der Waals surface area contributed by atoms with E-state index in [0.29, 0.717) is 5.88 Å². The van der Waals surface area contributed by atoms with E-state index in [1.165, 1.54) is 36.1 Å². The maximum absolute atomic E-state index is 6.13. The van der Waals surface area contributed by atoms with Gasteiger partial charge in [-0.3, -0.25) is 4.57 Å². The molecule has 4 heteroatoms. The highest BCUT2D eigenvalue weighted by molar-refractivity contribution is 6.16. The number of hydrogen-bond donors (Lipinski definition) is 0. The lowest BCUT2D eigenvalue weighted by Crippen LogP contribution is -2.10. The molecule has 0 unspecified atom stereocenters. The van der Waals surface area contributed by atoms with Crippen molar-refractivity contribution in [3.63, 3.8) is 0 Å². The minimum atomic E-state index is 0.389. The summed E-state index contributed by atoms with van der Waals surface area (Å²) in [5, 5.41) is 0. The van der Waals surface area contributed by atoms with Crippen LogP contribution in [0.4, 0.5) is 0 Å². The molecule has 106 valence electrons. The molecule has 0 fully saturated rings. The van der Waals surface area contributed by atoms with E-state index < -0.39 is 0 Å². The SMILES string of the molecule is ClCc1nc2cccnc2n1-c1cccc2c1CCCC2. The summed E-state index contributed by atoms with van der Waals surface area (Å²) >= 11 is 6.13. The second-order valence-electron chi connectivity index (χ2n) is 5.47. The van der Waals surface area contributed by atoms with Gasteiger partial charge in [0, 0.05) is 6.20 Å². The van der Waals surface area contributed by atoms with E-state index >= 15 is 0 Å². The number of alkyl halides is 1. The van der Waals surface area contributed by atoms with Gasteiger partial charge in [0.15, 0.2) is 5.65 Å². The van der Waals surface area contributed by atoms with Gasteiger partial charge < -0.3 is 0 Å². The summed E-state index contributed by atoms with van der Waals surface area (Å²) in [6.07, 6.45) is 6.63. The number of fused-ring (bicyclic) bond motifs is 2. The molecule has 0 radical (unpaired) electrons. The maximum atomic E-state index is 6.13.